The summed E-state index contributed by atoms with van der Waals surface area (Å²) >= 11 is 0. The SMILES string of the molecule is COc1cc(NCCC2CCC2)ccn1. The molecule has 0 bridgehead atoms. The Morgan fingerprint density at radius 1 is 1.53 bits per heavy atom. The first-order valence-corrected chi connectivity index (χ1v) is 5.62. The van der Waals surface area contributed by atoms with Crippen LogP contribution in [0.3, 0.4) is 0 Å². The highest BCUT2D eigenvalue weighted by Gasteiger charge is 2.16. The minimum Gasteiger partial charge on any atom is -0.481 e. The molecule has 3 heteroatoms. The standard InChI is InChI=1S/C12H18N2O/c1-15-12-9-11(6-8-14-12)13-7-5-10-3-2-4-10/h6,8-10H,2-5,7H2,1H3,(H,13,14). The molecule has 15 heavy (non-hydrogen) atoms. The lowest BCUT2D eigenvalue weighted by Gasteiger charge is -2.25. The van der Waals surface area contributed by atoms with Gasteiger partial charge in [0.1, 0.15) is 0 Å². The zero-order valence-corrected chi connectivity index (χ0v) is 9.20. The number of pyridine rings is 1. The quantitative estimate of drug-likeness (QED) is 0.804. The van der Waals surface area contributed by atoms with Gasteiger partial charge in [0, 0.05) is 24.5 Å². The van der Waals surface area contributed by atoms with E-state index in [0.29, 0.717) is 5.88 Å². The number of anilines is 1. The van der Waals surface area contributed by atoms with Gasteiger partial charge in [-0.15, -0.1) is 0 Å². The number of hydrogen-bond acceptors (Lipinski definition) is 3. The van der Waals surface area contributed by atoms with E-state index >= 15 is 0 Å². The van der Waals surface area contributed by atoms with Crippen LogP contribution in [0.25, 0.3) is 0 Å². The Balaban J connectivity index is 1.76. The molecule has 82 valence electrons. The van der Waals surface area contributed by atoms with Crippen molar-refractivity contribution < 1.29 is 4.74 Å². The Hall–Kier alpha value is -1.25. The molecule has 1 aliphatic carbocycles. The first kappa shape index (κ1) is 10.3. The highest BCUT2D eigenvalue weighted by atomic mass is 16.5. The van der Waals surface area contributed by atoms with Crippen LogP contribution in [-0.4, -0.2) is 18.6 Å². The molecule has 0 aromatic carbocycles. The molecule has 0 atom stereocenters. The van der Waals surface area contributed by atoms with Gasteiger partial charge in [0.25, 0.3) is 0 Å². The smallest absolute Gasteiger partial charge is 0.214 e. The molecular weight excluding hydrogens is 188 g/mol. The molecule has 2 rings (SSSR count). The van der Waals surface area contributed by atoms with Crippen molar-refractivity contribution >= 4 is 5.69 Å². The molecule has 0 aliphatic heterocycles. The number of rotatable bonds is 5. The first-order valence-electron chi connectivity index (χ1n) is 5.62. The average Bonchev–Trinajstić information content (AvgIpc) is 2.22. The lowest BCUT2D eigenvalue weighted by Crippen LogP contribution is -2.15. The summed E-state index contributed by atoms with van der Waals surface area (Å²) in [6.45, 7) is 1.05. The largest absolute Gasteiger partial charge is 0.481 e. The second-order valence-corrected chi connectivity index (χ2v) is 4.10. The third kappa shape index (κ3) is 2.85. The summed E-state index contributed by atoms with van der Waals surface area (Å²) in [6, 6.07) is 3.91. The molecule has 0 spiro atoms. The van der Waals surface area contributed by atoms with Crippen LogP contribution < -0.4 is 10.1 Å². The van der Waals surface area contributed by atoms with E-state index in [1.165, 1.54) is 25.7 Å². The highest BCUT2D eigenvalue weighted by Crippen LogP contribution is 2.29. The van der Waals surface area contributed by atoms with Gasteiger partial charge in [-0.25, -0.2) is 4.98 Å². The number of methoxy groups -OCH3 is 1. The normalized spacial score (nSPS) is 15.8. The van der Waals surface area contributed by atoms with Crippen LogP contribution in [0.5, 0.6) is 5.88 Å². The van der Waals surface area contributed by atoms with Crippen LogP contribution in [0.4, 0.5) is 5.69 Å². The van der Waals surface area contributed by atoms with E-state index in [1.54, 1.807) is 13.3 Å². The molecule has 1 N–H and O–H groups in total. The molecule has 1 heterocycles. The Morgan fingerprint density at radius 3 is 3.07 bits per heavy atom. The van der Waals surface area contributed by atoms with E-state index in [4.69, 9.17) is 4.74 Å². The maximum Gasteiger partial charge on any atom is 0.214 e. The van der Waals surface area contributed by atoms with Crippen molar-refractivity contribution in [3.05, 3.63) is 18.3 Å². The molecule has 0 saturated heterocycles. The van der Waals surface area contributed by atoms with Gasteiger partial charge in [-0.1, -0.05) is 19.3 Å². The number of nitrogens with zero attached hydrogens (tertiary/aromatic N) is 1. The van der Waals surface area contributed by atoms with E-state index < -0.39 is 0 Å². The minimum atomic E-state index is 0.670. The predicted molar refractivity (Wildman–Crippen MR) is 61.2 cm³/mol. The Labute approximate surface area is 90.9 Å². The molecule has 0 amide bonds. The number of ether oxygens (including phenoxy) is 1. The minimum absolute atomic E-state index is 0.670. The Kier molecular flexibility index (Phi) is 3.43. The summed E-state index contributed by atoms with van der Waals surface area (Å²) in [5.74, 6) is 1.63. The molecule has 0 unspecified atom stereocenters. The Bertz CT molecular complexity index is 310. The summed E-state index contributed by atoms with van der Waals surface area (Å²) in [5.41, 5.74) is 1.10. The zero-order chi connectivity index (χ0) is 10.5. The summed E-state index contributed by atoms with van der Waals surface area (Å²) in [7, 11) is 1.64. The topological polar surface area (TPSA) is 34.1 Å². The first-order chi connectivity index (χ1) is 7.38. The lowest BCUT2D eigenvalue weighted by molar-refractivity contribution is 0.303. The zero-order valence-electron chi connectivity index (χ0n) is 9.20. The van der Waals surface area contributed by atoms with Crippen LogP contribution in [0.1, 0.15) is 25.7 Å². The van der Waals surface area contributed by atoms with E-state index in [-0.39, 0.29) is 0 Å². The van der Waals surface area contributed by atoms with E-state index in [1.807, 2.05) is 12.1 Å². The summed E-state index contributed by atoms with van der Waals surface area (Å²) in [4.78, 5) is 4.07. The number of aromatic nitrogens is 1. The molecule has 1 aromatic heterocycles. The summed E-state index contributed by atoms with van der Waals surface area (Å²) in [6.07, 6.45) is 7.31. The van der Waals surface area contributed by atoms with Crippen molar-refractivity contribution in [2.45, 2.75) is 25.7 Å². The second kappa shape index (κ2) is 5.01. The third-order valence-electron chi connectivity index (χ3n) is 3.05. The van der Waals surface area contributed by atoms with Gasteiger partial charge in [-0.2, -0.15) is 0 Å². The molecule has 0 radical (unpaired) electrons. The fourth-order valence-corrected chi connectivity index (χ4v) is 1.83. The monoisotopic (exact) mass is 206 g/mol. The van der Waals surface area contributed by atoms with Gasteiger partial charge >= 0.3 is 0 Å². The number of nitrogens with one attached hydrogen (secondary N) is 1. The second-order valence-electron chi connectivity index (χ2n) is 4.10. The maximum absolute atomic E-state index is 5.06. The van der Waals surface area contributed by atoms with Gasteiger partial charge in [-0.3, -0.25) is 0 Å². The molecule has 1 fully saturated rings. The van der Waals surface area contributed by atoms with Crippen molar-refractivity contribution in [3.63, 3.8) is 0 Å². The van der Waals surface area contributed by atoms with E-state index in [9.17, 15) is 0 Å². The molecular formula is C12H18N2O. The van der Waals surface area contributed by atoms with Crippen molar-refractivity contribution in [3.8, 4) is 5.88 Å². The van der Waals surface area contributed by atoms with Gasteiger partial charge < -0.3 is 10.1 Å². The van der Waals surface area contributed by atoms with Gasteiger partial charge in [0.2, 0.25) is 5.88 Å². The van der Waals surface area contributed by atoms with Crippen molar-refractivity contribution in [1.82, 2.24) is 4.98 Å². The van der Waals surface area contributed by atoms with Crippen LogP contribution in [-0.2, 0) is 0 Å². The van der Waals surface area contributed by atoms with Crippen LogP contribution in [0.2, 0.25) is 0 Å². The molecule has 3 nitrogen and oxygen atoms in total. The molecule has 1 saturated carbocycles. The third-order valence-corrected chi connectivity index (χ3v) is 3.05. The van der Waals surface area contributed by atoms with E-state index in [2.05, 4.69) is 10.3 Å². The summed E-state index contributed by atoms with van der Waals surface area (Å²) < 4.78 is 5.06. The lowest BCUT2D eigenvalue weighted by atomic mass is 9.83. The predicted octanol–water partition coefficient (Wildman–Crippen LogP) is 2.69. The number of hydrogen-bond donors (Lipinski definition) is 1. The fourth-order valence-electron chi connectivity index (χ4n) is 1.83. The maximum atomic E-state index is 5.06. The van der Waals surface area contributed by atoms with Gasteiger partial charge in [0.05, 0.1) is 7.11 Å². The Morgan fingerprint density at radius 2 is 2.40 bits per heavy atom. The van der Waals surface area contributed by atoms with Crippen LogP contribution in [0, 0.1) is 5.92 Å². The molecule has 1 aromatic rings. The van der Waals surface area contributed by atoms with E-state index in [0.717, 1.165) is 18.2 Å². The van der Waals surface area contributed by atoms with Crippen molar-refractivity contribution in [2.24, 2.45) is 5.92 Å². The highest BCUT2D eigenvalue weighted by molar-refractivity contribution is 5.44. The van der Waals surface area contributed by atoms with Gasteiger partial charge in [-0.05, 0) is 18.4 Å². The molecule has 1 aliphatic rings. The van der Waals surface area contributed by atoms with Crippen molar-refractivity contribution in [1.29, 1.82) is 0 Å². The fraction of sp³-hybridized carbons (Fsp3) is 0.583. The van der Waals surface area contributed by atoms with Gasteiger partial charge in [0.15, 0.2) is 0 Å². The summed E-state index contributed by atoms with van der Waals surface area (Å²) in [5, 5.41) is 3.40. The van der Waals surface area contributed by atoms with Crippen LogP contribution >= 0.6 is 0 Å². The van der Waals surface area contributed by atoms with Crippen LogP contribution in [0.15, 0.2) is 18.3 Å². The van der Waals surface area contributed by atoms with Crippen molar-refractivity contribution in [2.75, 3.05) is 19.0 Å². The average molecular weight is 206 g/mol.